The lowest BCUT2D eigenvalue weighted by atomic mass is 9.78. The van der Waals surface area contributed by atoms with Crippen LogP contribution in [0.3, 0.4) is 0 Å². The van der Waals surface area contributed by atoms with Crippen LogP contribution in [-0.2, 0) is 30.6 Å². The van der Waals surface area contributed by atoms with Gasteiger partial charge in [0, 0.05) is 6.61 Å². The van der Waals surface area contributed by atoms with Gasteiger partial charge in [-0.25, -0.2) is 0 Å². The summed E-state index contributed by atoms with van der Waals surface area (Å²) in [5, 5.41) is 0. The highest BCUT2D eigenvalue weighted by molar-refractivity contribution is 5.26. The van der Waals surface area contributed by atoms with E-state index in [1.807, 2.05) is 0 Å². The van der Waals surface area contributed by atoms with Gasteiger partial charge in [0.1, 0.15) is 0 Å². The van der Waals surface area contributed by atoms with E-state index in [2.05, 4.69) is 74.5 Å². The molecule has 0 heterocycles. The van der Waals surface area contributed by atoms with Crippen molar-refractivity contribution < 1.29 is 4.74 Å². The topological polar surface area (TPSA) is 9.23 Å². The Kier molecular flexibility index (Phi) is 10.4. The van der Waals surface area contributed by atoms with E-state index in [-0.39, 0.29) is 0 Å². The maximum absolute atomic E-state index is 5.62. The molecule has 0 spiro atoms. The van der Waals surface area contributed by atoms with E-state index in [0.717, 1.165) is 44.3 Å². The van der Waals surface area contributed by atoms with E-state index < -0.39 is 0 Å². The molecule has 2 aromatic carbocycles. The van der Waals surface area contributed by atoms with Crippen LogP contribution in [0.5, 0.6) is 0 Å². The molecule has 0 bridgehead atoms. The van der Waals surface area contributed by atoms with E-state index >= 15 is 0 Å². The molecule has 1 fully saturated rings. The zero-order valence-electron chi connectivity index (χ0n) is 19.8. The zero-order chi connectivity index (χ0) is 21.7. The molecule has 1 aliphatic carbocycles. The van der Waals surface area contributed by atoms with Gasteiger partial charge >= 0.3 is 0 Å². The summed E-state index contributed by atoms with van der Waals surface area (Å²) in [6.07, 6.45) is 17.5. The minimum Gasteiger partial charge on any atom is -0.377 e. The molecule has 2 aromatic rings. The largest absolute Gasteiger partial charge is 0.377 e. The number of rotatable bonds is 12. The molecule has 0 saturated heterocycles. The van der Waals surface area contributed by atoms with Crippen LogP contribution in [0.15, 0.2) is 60.7 Å². The Balaban J connectivity index is 1.35. The Bertz CT molecular complexity index is 748. The molecule has 0 amide bonds. The number of allylic oxidation sites excluding steroid dienone is 2. The molecule has 0 aliphatic heterocycles. The van der Waals surface area contributed by atoms with Crippen LogP contribution < -0.4 is 0 Å². The highest BCUT2D eigenvalue weighted by Gasteiger charge is 2.20. The van der Waals surface area contributed by atoms with Crippen molar-refractivity contribution in [1.82, 2.24) is 0 Å². The van der Waals surface area contributed by atoms with Crippen molar-refractivity contribution in [2.75, 3.05) is 6.61 Å². The van der Waals surface area contributed by atoms with Gasteiger partial charge in [0.05, 0.1) is 6.61 Å². The minimum atomic E-state index is 0.729. The van der Waals surface area contributed by atoms with Gasteiger partial charge in [-0.2, -0.15) is 0 Å². The average Bonchev–Trinajstić information content (AvgIpc) is 2.82. The summed E-state index contributed by atoms with van der Waals surface area (Å²) >= 11 is 0. The Morgan fingerprint density at radius 2 is 1.26 bits per heavy atom. The van der Waals surface area contributed by atoms with Crippen LogP contribution in [0.2, 0.25) is 0 Å². The second kappa shape index (κ2) is 13.5. The summed E-state index contributed by atoms with van der Waals surface area (Å²) in [6, 6.07) is 18.3. The summed E-state index contributed by atoms with van der Waals surface area (Å²) < 4.78 is 5.62. The van der Waals surface area contributed by atoms with Gasteiger partial charge in [-0.15, -0.1) is 0 Å². The number of hydrogen-bond donors (Lipinski definition) is 0. The Morgan fingerprint density at radius 3 is 1.81 bits per heavy atom. The third kappa shape index (κ3) is 8.65. The van der Waals surface area contributed by atoms with Crippen molar-refractivity contribution in [3.8, 4) is 0 Å². The molecule has 0 atom stereocenters. The highest BCUT2D eigenvalue weighted by atomic mass is 16.5. The lowest BCUT2D eigenvalue weighted by molar-refractivity contribution is 0.121. The fraction of sp³-hybridized carbons (Fsp3) is 0.533. The predicted octanol–water partition coefficient (Wildman–Crippen LogP) is 8.10. The van der Waals surface area contributed by atoms with E-state index in [0.29, 0.717) is 0 Å². The Hall–Kier alpha value is -1.86. The highest BCUT2D eigenvalue weighted by Crippen LogP contribution is 2.33. The summed E-state index contributed by atoms with van der Waals surface area (Å²) in [4.78, 5) is 0. The van der Waals surface area contributed by atoms with Gasteiger partial charge in [-0.3, -0.25) is 0 Å². The van der Waals surface area contributed by atoms with Gasteiger partial charge < -0.3 is 4.74 Å². The van der Waals surface area contributed by atoms with Crippen LogP contribution in [0.1, 0.15) is 81.0 Å². The molecule has 0 N–H and O–H groups in total. The molecule has 168 valence electrons. The third-order valence-corrected chi connectivity index (χ3v) is 6.88. The Labute approximate surface area is 190 Å². The SMILES string of the molecule is CC=CCC1CCC(CCc2ccc(CCc3ccc(COCCC)cc3)cc2)CC1. The van der Waals surface area contributed by atoms with Crippen LogP contribution in [0.25, 0.3) is 0 Å². The number of aryl methyl sites for hydroxylation is 3. The summed E-state index contributed by atoms with van der Waals surface area (Å²) in [7, 11) is 0. The molecule has 1 aliphatic rings. The van der Waals surface area contributed by atoms with Crippen molar-refractivity contribution in [3.05, 3.63) is 82.9 Å². The molecule has 0 aromatic heterocycles. The van der Waals surface area contributed by atoms with Crippen molar-refractivity contribution in [1.29, 1.82) is 0 Å². The fourth-order valence-corrected chi connectivity index (χ4v) is 4.75. The number of ether oxygens (including phenoxy) is 1. The van der Waals surface area contributed by atoms with Gasteiger partial charge in [-0.1, -0.05) is 80.4 Å². The van der Waals surface area contributed by atoms with E-state index in [9.17, 15) is 0 Å². The second-order valence-electron chi connectivity index (χ2n) is 9.42. The maximum Gasteiger partial charge on any atom is 0.0716 e. The molecule has 1 nitrogen and oxygen atoms in total. The minimum absolute atomic E-state index is 0.729. The van der Waals surface area contributed by atoms with E-state index in [4.69, 9.17) is 4.74 Å². The van der Waals surface area contributed by atoms with Crippen molar-refractivity contribution in [3.63, 3.8) is 0 Å². The fourth-order valence-electron chi connectivity index (χ4n) is 4.75. The molecule has 0 radical (unpaired) electrons. The normalized spacial score (nSPS) is 19.2. The first-order valence-corrected chi connectivity index (χ1v) is 12.6. The van der Waals surface area contributed by atoms with E-state index in [1.54, 1.807) is 0 Å². The third-order valence-electron chi connectivity index (χ3n) is 6.88. The molecular formula is C30H42O. The van der Waals surface area contributed by atoms with Gasteiger partial charge in [0.15, 0.2) is 0 Å². The lowest BCUT2D eigenvalue weighted by Gasteiger charge is -2.28. The summed E-state index contributed by atoms with van der Waals surface area (Å²) in [5.41, 5.74) is 5.64. The lowest BCUT2D eigenvalue weighted by Crippen LogP contribution is -2.14. The first kappa shape index (κ1) is 23.8. The van der Waals surface area contributed by atoms with Crippen molar-refractivity contribution in [2.24, 2.45) is 11.8 Å². The molecule has 31 heavy (non-hydrogen) atoms. The van der Waals surface area contributed by atoms with Gasteiger partial charge in [0.2, 0.25) is 0 Å². The molecule has 1 heteroatoms. The van der Waals surface area contributed by atoms with Crippen LogP contribution >= 0.6 is 0 Å². The molecular weight excluding hydrogens is 376 g/mol. The molecule has 0 unspecified atom stereocenters. The van der Waals surface area contributed by atoms with E-state index in [1.165, 1.54) is 67.2 Å². The molecule has 1 saturated carbocycles. The summed E-state index contributed by atoms with van der Waals surface area (Å²) in [5.74, 6) is 1.88. The quantitative estimate of drug-likeness (QED) is 0.250. The van der Waals surface area contributed by atoms with Crippen LogP contribution in [0.4, 0.5) is 0 Å². The first-order valence-electron chi connectivity index (χ1n) is 12.6. The number of hydrogen-bond acceptors (Lipinski definition) is 1. The van der Waals surface area contributed by atoms with Crippen molar-refractivity contribution >= 4 is 0 Å². The first-order chi connectivity index (χ1) is 15.3. The van der Waals surface area contributed by atoms with Gasteiger partial charge in [-0.05, 0) is 92.4 Å². The predicted molar refractivity (Wildman–Crippen MR) is 133 cm³/mol. The van der Waals surface area contributed by atoms with Crippen molar-refractivity contribution in [2.45, 2.75) is 84.7 Å². The second-order valence-corrected chi connectivity index (χ2v) is 9.42. The average molecular weight is 419 g/mol. The van der Waals surface area contributed by atoms with Gasteiger partial charge in [0.25, 0.3) is 0 Å². The van der Waals surface area contributed by atoms with Crippen LogP contribution in [0, 0.1) is 11.8 Å². The monoisotopic (exact) mass is 418 g/mol. The standard InChI is InChI=1S/C30H42O/c1-3-5-6-25-7-9-26(10-8-25)11-12-27-13-15-28(16-14-27)17-18-29-19-21-30(22-20-29)24-31-23-4-2/h3,5,13-16,19-22,25-26H,4,6-12,17-18,23-24H2,1-2H3. The smallest absolute Gasteiger partial charge is 0.0716 e. The number of benzene rings is 2. The maximum atomic E-state index is 5.62. The zero-order valence-corrected chi connectivity index (χ0v) is 19.8. The Morgan fingerprint density at radius 1 is 0.742 bits per heavy atom. The molecule has 3 rings (SSSR count). The summed E-state index contributed by atoms with van der Waals surface area (Å²) in [6.45, 7) is 5.86. The van der Waals surface area contributed by atoms with Crippen LogP contribution in [-0.4, -0.2) is 6.61 Å².